The second kappa shape index (κ2) is 9.27. The Morgan fingerprint density at radius 1 is 1.17 bits per heavy atom. The van der Waals surface area contributed by atoms with Gasteiger partial charge in [0.05, 0.1) is 20.0 Å². The van der Waals surface area contributed by atoms with Crippen LogP contribution in [0.15, 0.2) is 29.3 Å². The van der Waals surface area contributed by atoms with Gasteiger partial charge in [0.1, 0.15) is 0 Å². The summed E-state index contributed by atoms with van der Waals surface area (Å²) in [4.78, 5) is 28.0. The van der Waals surface area contributed by atoms with Crippen LogP contribution in [0.2, 0.25) is 15.1 Å². The second-order valence-electron chi connectivity index (χ2n) is 5.97. The number of nitrogens with zero attached hydrogens (tertiary/aromatic N) is 2. The highest BCUT2D eigenvalue weighted by atomic mass is 35.5. The predicted molar refractivity (Wildman–Crippen MR) is 110 cm³/mol. The van der Waals surface area contributed by atoms with Gasteiger partial charge in [0.15, 0.2) is 12.3 Å². The van der Waals surface area contributed by atoms with Crippen molar-refractivity contribution in [3.05, 3.63) is 50.7 Å². The fourth-order valence-electron chi connectivity index (χ4n) is 2.08. The van der Waals surface area contributed by atoms with Gasteiger partial charge in [-0.25, -0.2) is 22.5 Å². The number of aromatic nitrogens is 1. The maximum Gasteiger partial charge on any atom is 0.359 e. The molecule has 0 aliphatic carbocycles. The number of halogens is 3. The molecule has 0 atom stereocenters. The minimum absolute atomic E-state index is 0.00665. The molecule has 12 heteroatoms. The molecule has 2 aromatic rings. The number of ether oxygens (including phenoxy) is 1. The van der Waals surface area contributed by atoms with Gasteiger partial charge in [-0.3, -0.25) is 4.79 Å². The van der Waals surface area contributed by atoms with Crippen LogP contribution in [-0.2, 0) is 19.6 Å². The number of hydrogen-bond acceptors (Lipinski definition) is 6. The fourth-order valence-corrected chi connectivity index (χ4v) is 3.56. The Kier molecular flexibility index (Phi) is 7.47. The maximum absolute atomic E-state index is 12.2. The smallest absolute Gasteiger partial charge is 0.359 e. The molecule has 8 nitrogen and oxygen atoms in total. The molecule has 2 rings (SSSR count). The summed E-state index contributed by atoms with van der Waals surface area (Å²) in [7, 11) is -0.880. The van der Waals surface area contributed by atoms with Crippen molar-refractivity contribution in [3.63, 3.8) is 0 Å². The Balaban J connectivity index is 2.10. The highest BCUT2D eigenvalue weighted by Gasteiger charge is 2.21. The van der Waals surface area contributed by atoms with E-state index in [4.69, 9.17) is 39.5 Å². The van der Waals surface area contributed by atoms with E-state index >= 15 is 0 Å². The van der Waals surface area contributed by atoms with Gasteiger partial charge in [0.25, 0.3) is 5.91 Å². The lowest BCUT2D eigenvalue weighted by molar-refractivity contribution is -0.119. The number of esters is 1. The number of benzene rings is 1. The lowest BCUT2D eigenvalue weighted by Gasteiger charge is -2.14. The van der Waals surface area contributed by atoms with Crippen LogP contribution in [0.1, 0.15) is 16.1 Å². The SMILES string of the molecule is Cc1ccc(S(=O)(=O)N(C)C)cc1NC(=O)COC(=O)c1ncc(Cl)c(Cl)c1Cl. The molecule has 1 heterocycles. The molecular formula is C17H16Cl3N3O5S. The number of carbonyl (C=O) groups is 2. The van der Waals surface area contributed by atoms with Crippen molar-refractivity contribution in [2.45, 2.75) is 11.8 Å². The topological polar surface area (TPSA) is 106 Å². The van der Waals surface area contributed by atoms with Gasteiger partial charge in [0.2, 0.25) is 10.0 Å². The van der Waals surface area contributed by atoms with Gasteiger partial charge in [-0.1, -0.05) is 40.9 Å². The third-order valence-electron chi connectivity index (χ3n) is 3.71. The van der Waals surface area contributed by atoms with E-state index in [1.54, 1.807) is 13.0 Å². The normalized spacial score (nSPS) is 11.4. The highest BCUT2D eigenvalue weighted by Crippen LogP contribution is 2.31. The molecule has 1 aromatic heterocycles. The minimum atomic E-state index is -3.68. The first-order chi connectivity index (χ1) is 13.4. The van der Waals surface area contributed by atoms with E-state index < -0.39 is 28.5 Å². The van der Waals surface area contributed by atoms with Crippen LogP contribution in [0.25, 0.3) is 0 Å². The number of carbonyl (C=O) groups excluding carboxylic acids is 2. The van der Waals surface area contributed by atoms with Crippen molar-refractivity contribution >= 4 is 62.4 Å². The molecule has 1 N–H and O–H groups in total. The molecule has 0 aliphatic heterocycles. The van der Waals surface area contributed by atoms with E-state index in [9.17, 15) is 18.0 Å². The summed E-state index contributed by atoms with van der Waals surface area (Å²) in [6.45, 7) is 1.04. The van der Waals surface area contributed by atoms with Crippen LogP contribution in [0.4, 0.5) is 5.69 Å². The van der Waals surface area contributed by atoms with E-state index in [-0.39, 0.29) is 31.3 Å². The van der Waals surface area contributed by atoms with E-state index in [0.29, 0.717) is 5.56 Å². The fraction of sp³-hybridized carbons (Fsp3) is 0.235. The molecule has 0 spiro atoms. The van der Waals surface area contributed by atoms with Crippen LogP contribution >= 0.6 is 34.8 Å². The summed E-state index contributed by atoms with van der Waals surface area (Å²) in [5.74, 6) is -1.65. The van der Waals surface area contributed by atoms with Crippen molar-refractivity contribution in [1.82, 2.24) is 9.29 Å². The van der Waals surface area contributed by atoms with Gasteiger partial charge in [-0.15, -0.1) is 0 Å². The quantitative estimate of drug-likeness (QED) is 0.635. The largest absolute Gasteiger partial charge is 0.451 e. The standard InChI is InChI=1S/C17H16Cl3N3O5S/c1-9-4-5-10(29(26,27)23(2)3)6-12(9)22-13(24)8-28-17(25)16-15(20)14(19)11(18)7-21-16/h4-7H,8H2,1-3H3,(H,22,24). The molecule has 156 valence electrons. The Morgan fingerprint density at radius 3 is 2.45 bits per heavy atom. The summed E-state index contributed by atoms with van der Waals surface area (Å²) in [5.41, 5.74) is 0.598. The van der Waals surface area contributed by atoms with E-state index in [1.165, 1.54) is 26.2 Å². The number of anilines is 1. The van der Waals surface area contributed by atoms with Crippen LogP contribution in [-0.4, -0.2) is 50.3 Å². The Morgan fingerprint density at radius 2 is 1.83 bits per heavy atom. The minimum Gasteiger partial charge on any atom is -0.451 e. The van der Waals surface area contributed by atoms with Gasteiger partial charge in [-0.2, -0.15) is 0 Å². The monoisotopic (exact) mass is 479 g/mol. The summed E-state index contributed by atoms with van der Waals surface area (Å²) in [6, 6.07) is 4.30. The average molecular weight is 481 g/mol. The molecule has 0 fully saturated rings. The third kappa shape index (κ3) is 5.37. The number of rotatable bonds is 6. The zero-order valence-electron chi connectivity index (χ0n) is 15.5. The van der Waals surface area contributed by atoms with Gasteiger partial charge >= 0.3 is 5.97 Å². The zero-order valence-corrected chi connectivity index (χ0v) is 18.6. The van der Waals surface area contributed by atoms with Crippen molar-refractivity contribution < 1.29 is 22.7 Å². The maximum atomic E-state index is 12.2. The molecule has 0 radical (unpaired) electrons. The second-order valence-corrected chi connectivity index (χ2v) is 9.29. The van der Waals surface area contributed by atoms with Gasteiger partial charge < -0.3 is 10.1 Å². The molecule has 0 aliphatic rings. The first-order valence-electron chi connectivity index (χ1n) is 7.94. The highest BCUT2D eigenvalue weighted by molar-refractivity contribution is 7.89. The first-order valence-corrected chi connectivity index (χ1v) is 10.5. The van der Waals surface area contributed by atoms with Crippen molar-refractivity contribution in [3.8, 4) is 0 Å². The summed E-state index contributed by atoms with van der Waals surface area (Å²) in [5, 5.41) is 2.31. The third-order valence-corrected chi connectivity index (χ3v) is 6.76. The number of pyridine rings is 1. The Labute approximate surface area is 182 Å². The molecule has 0 saturated carbocycles. The molecule has 1 amide bonds. The van der Waals surface area contributed by atoms with Gasteiger partial charge in [-0.05, 0) is 24.6 Å². The van der Waals surface area contributed by atoms with E-state index in [0.717, 1.165) is 10.5 Å². The van der Waals surface area contributed by atoms with E-state index in [2.05, 4.69) is 10.3 Å². The number of sulfonamides is 1. The van der Waals surface area contributed by atoms with Crippen molar-refractivity contribution in [1.29, 1.82) is 0 Å². The van der Waals surface area contributed by atoms with Crippen LogP contribution < -0.4 is 5.32 Å². The molecule has 1 aromatic carbocycles. The van der Waals surface area contributed by atoms with Crippen molar-refractivity contribution in [2.24, 2.45) is 0 Å². The van der Waals surface area contributed by atoms with Gasteiger partial charge in [0, 0.05) is 26.0 Å². The Bertz CT molecular complexity index is 1070. The molecule has 29 heavy (non-hydrogen) atoms. The number of hydrogen-bond donors (Lipinski definition) is 1. The molecule has 0 unspecified atom stereocenters. The molecule has 0 bridgehead atoms. The Hall–Kier alpha value is -1.91. The van der Waals surface area contributed by atoms with Crippen LogP contribution in [0.3, 0.4) is 0 Å². The van der Waals surface area contributed by atoms with Crippen molar-refractivity contribution in [2.75, 3.05) is 26.0 Å². The zero-order chi connectivity index (χ0) is 21.9. The summed E-state index contributed by atoms with van der Waals surface area (Å²) >= 11 is 17.5. The summed E-state index contributed by atoms with van der Waals surface area (Å²) in [6.07, 6.45) is 1.13. The summed E-state index contributed by atoms with van der Waals surface area (Å²) < 4.78 is 30.4. The molecular weight excluding hydrogens is 465 g/mol. The van der Waals surface area contributed by atoms with Crippen LogP contribution in [0.5, 0.6) is 0 Å². The lowest BCUT2D eigenvalue weighted by Crippen LogP contribution is -2.24. The number of aryl methyl sites for hydroxylation is 1. The lowest BCUT2D eigenvalue weighted by atomic mass is 10.2. The average Bonchev–Trinajstić information content (AvgIpc) is 2.65. The first kappa shape index (κ1) is 23.4. The predicted octanol–water partition coefficient (Wildman–Crippen LogP) is 3.40. The molecule has 0 saturated heterocycles. The number of nitrogens with one attached hydrogen (secondary N) is 1. The number of amides is 1. The van der Waals surface area contributed by atoms with E-state index in [1.807, 2.05) is 0 Å². The van der Waals surface area contributed by atoms with Crippen LogP contribution in [0, 0.1) is 6.92 Å².